The molecule has 234 valence electrons. The molecule has 1 aliphatic heterocycles. The van der Waals surface area contributed by atoms with Crippen molar-refractivity contribution in [2.75, 3.05) is 51.3 Å². The van der Waals surface area contributed by atoms with Crippen molar-refractivity contribution in [2.45, 2.75) is 103 Å². The Morgan fingerprint density at radius 2 is 1.61 bits per heavy atom. The number of amides is 3. The highest BCUT2D eigenvalue weighted by molar-refractivity contribution is 7.98. The summed E-state index contributed by atoms with van der Waals surface area (Å²) in [6.45, 7) is 8.43. The van der Waals surface area contributed by atoms with E-state index in [0.717, 1.165) is 57.1 Å². The Labute approximate surface area is 250 Å². The van der Waals surface area contributed by atoms with Gasteiger partial charge in [0, 0.05) is 58.4 Å². The average Bonchev–Trinajstić information content (AvgIpc) is 3.39. The number of aliphatic hydroxyl groups excluding tert-OH is 1. The number of rotatable bonds is 18. The first-order valence-electron chi connectivity index (χ1n) is 15.2. The van der Waals surface area contributed by atoms with Crippen LogP contribution < -0.4 is 5.32 Å². The van der Waals surface area contributed by atoms with Gasteiger partial charge in [0.05, 0.1) is 5.69 Å². The zero-order chi connectivity index (χ0) is 30.1. The third-order valence-corrected chi connectivity index (χ3v) is 7.69. The Hall–Kier alpha value is -2.34. The molecule has 2 heterocycles. The molecule has 2 rings (SSSR count). The number of nitrogens with one attached hydrogen (secondary N) is 1. The highest BCUT2D eigenvalue weighted by Crippen LogP contribution is 2.16. The molecule has 0 bridgehead atoms. The first-order valence-corrected chi connectivity index (χ1v) is 16.6. The average molecular weight is 597 g/mol. The molecule has 12 heteroatoms. The molecule has 3 amide bonds. The minimum absolute atomic E-state index is 0.0116. The van der Waals surface area contributed by atoms with Gasteiger partial charge < -0.3 is 25.0 Å². The van der Waals surface area contributed by atoms with Crippen molar-refractivity contribution in [1.82, 2.24) is 30.1 Å². The monoisotopic (exact) mass is 596 g/mol. The van der Waals surface area contributed by atoms with Crippen molar-refractivity contribution in [3.8, 4) is 0 Å². The molecule has 0 radical (unpaired) electrons. The highest BCUT2D eigenvalue weighted by atomic mass is 32.2. The molecular weight excluding hydrogens is 544 g/mol. The molecule has 11 nitrogen and oxygen atoms in total. The number of carbonyl (C=O) groups excluding carboxylic acids is 3. The molecule has 0 saturated carbocycles. The number of ether oxygens (including phenoxy) is 1. The van der Waals surface area contributed by atoms with Crippen LogP contribution in [0.1, 0.15) is 96.7 Å². The molecule has 1 aromatic heterocycles. The van der Waals surface area contributed by atoms with E-state index < -0.39 is 5.60 Å². The van der Waals surface area contributed by atoms with Crippen molar-refractivity contribution < 1.29 is 24.2 Å². The molecular formula is C29H52N6O5S. The van der Waals surface area contributed by atoms with E-state index >= 15 is 0 Å². The number of aliphatic hydroxyl groups is 1. The Kier molecular flexibility index (Phi) is 16.1. The van der Waals surface area contributed by atoms with Crippen LogP contribution in [0.3, 0.4) is 0 Å². The van der Waals surface area contributed by atoms with Gasteiger partial charge in [-0.3, -0.25) is 9.59 Å². The van der Waals surface area contributed by atoms with Crippen LogP contribution >= 0.6 is 11.8 Å². The van der Waals surface area contributed by atoms with E-state index in [1.807, 2.05) is 31.9 Å². The zero-order valence-electron chi connectivity index (χ0n) is 25.6. The van der Waals surface area contributed by atoms with Crippen LogP contribution in [-0.4, -0.2) is 105 Å². The van der Waals surface area contributed by atoms with Crippen LogP contribution in [0.25, 0.3) is 0 Å². The van der Waals surface area contributed by atoms with Crippen LogP contribution in [0.4, 0.5) is 4.79 Å². The van der Waals surface area contributed by atoms with Gasteiger partial charge in [0.2, 0.25) is 11.8 Å². The molecule has 0 unspecified atom stereocenters. The second-order valence-electron chi connectivity index (χ2n) is 11.7. The maximum absolute atomic E-state index is 12.8. The fourth-order valence-corrected chi connectivity index (χ4v) is 5.18. The first kappa shape index (κ1) is 34.9. The fourth-order valence-electron chi connectivity index (χ4n) is 4.72. The predicted octanol–water partition coefficient (Wildman–Crippen LogP) is 3.81. The highest BCUT2D eigenvalue weighted by Gasteiger charge is 2.27. The SMILES string of the molecule is CSCC[C@H](C(=O)NCCCCCCCCCCC(=O)N1CCN(C(=O)OC(C)(C)C)CC1)n1cc(CCO)nn1. The van der Waals surface area contributed by atoms with Gasteiger partial charge in [-0.1, -0.05) is 43.7 Å². The molecule has 1 fully saturated rings. The summed E-state index contributed by atoms with van der Waals surface area (Å²) >= 11 is 1.70. The van der Waals surface area contributed by atoms with Crippen molar-refractivity contribution in [1.29, 1.82) is 0 Å². The summed E-state index contributed by atoms with van der Waals surface area (Å²) in [6.07, 6.45) is 13.7. The number of carbonyl (C=O) groups is 3. The summed E-state index contributed by atoms with van der Waals surface area (Å²) < 4.78 is 7.04. The van der Waals surface area contributed by atoms with Gasteiger partial charge in [-0.25, -0.2) is 9.48 Å². The molecule has 0 aromatic carbocycles. The fraction of sp³-hybridized carbons (Fsp3) is 0.828. The number of hydrogen-bond donors (Lipinski definition) is 2. The summed E-state index contributed by atoms with van der Waals surface area (Å²) in [6, 6.07) is -0.379. The Morgan fingerprint density at radius 1 is 1.00 bits per heavy atom. The standard InChI is InChI=1S/C29H52N6O5S/c1-29(2,3)40-28(39)34-19-17-33(18-20-34)26(37)13-11-9-7-5-6-8-10-12-16-30-27(38)25(15-22-41-4)35-23-24(14-21-36)31-32-35/h23,25,36H,5-22H2,1-4H3,(H,30,38)/t25-/m1/s1. The molecule has 1 aliphatic rings. The quantitative estimate of drug-likeness (QED) is 0.245. The lowest BCUT2D eigenvalue weighted by Crippen LogP contribution is -2.51. The number of aromatic nitrogens is 3. The van der Waals surface area contributed by atoms with Gasteiger partial charge in [-0.05, 0) is 52.0 Å². The van der Waals surface area contributed by atoms with Gasteiger partial charge in [-0.15, -0.1) is 5.10 Å². The Morgan fingerprint density at radius 3 is 2.22 bits per heavy atom. The smallest absolute Gasteiger partial charge is 0.410 e. The van der Waals surface area contributed by atoms with Crippen LogP contribution in [0.15, 0.2) is 6.20 Å². The van der Waals surface area contributed by atoms with Crippen molar-refractivity contribution in [3.63, 3.8) is 0 Å². The number of thioether (sulfide) groups is 1. The lowest BCUT2D eigenvalue weighted by Gasteiger charge is -2.35. The molecule has 0 aliphatic carbocycles. The van der Waals surface area contributed by atoms with E-state index in [1.165, 1.54) is 0 Å². The molecule has 41 heavy (non-hydrogen) atoms. The summed E-state index contributed by atoms with van der Waals surface area (Å²) in [5.41, 5.74) is 0.183. The second-order valence-corrected chi connectivity index (χ2v) is 12.7. The van der Waals surface area contributed by atoms with Gasteiger partial charge in [0.1, 0.15) is 11.6 Å². The van der Waals surface area contributed by atoms with Crippen LogP contribution in [0, 0.1) is 0 Å². The van der Waals surface area contributed by atoms with Gasteiger partial charge >= 0.3 is 6.09 Å². The summed E-state index contributed by atoms with van der Waals surface area (Å²) in [4.78, 5) is 41.0. The van der Waals surface area contributed by atoms with Gasteiger partial charge in [0.25, 0.3) is 0 Å². The molecule has 1 atom stereocenters. The van der Waals surface area contributed by atoms with Crippen LogP contribution in [0.2, 0.25) is 0 Å². The minimum Gasteiger partial charge on any atom is -0.444 e. The molecule has 1 aromatic rings. The number of unbranched alkanes of at least 4 members (excludes halogenated alkanes) is 7. The van der Waals surface area contributed by atoms with Crippen LogP contribution in [-0.2, 0) is 20.7 Å². The van der Waals surface area contributed by atoms with E-state index in [1.54, 1.807) is 27.5 Å². The van der Waals surface area contributed by atoms with Crippen LogP contribution in [0.5, 0.6) is 0 Å². The summed E-state index contributed by atoms with van der Waals surface area (Å²) in [5, 5.41) is 20.3. The lowest BCUT2D eigenvalue weighted by molar-refractivity contribution is -0.133. The van der Waals surface area contributed by atoms with Gasteiger partial charge in [-0.2, -0.15) is 11.8 Å². The maximum atomic E-state index is 12.8. The van der Waals surface area contributed by atoms with Crippen molar-refractivity contribution >= 4 is 29.7 Å². The lowest BCUT2D eigenvalue weighted by atomic mass is 10.1. The van der Waals surface area contributed by atoms with Crippen molar-refractivity contribution in [2.24, 2.45) is 0 Å². The second kappa shape index (κ2) is 19.0. The predicted molar refractivity (Wildman–Crippen MR) is 162 cm³/mol. The number of nitrogens with zero attached hydrogens (tertiary/aromatic N) is 5. The minimum atomic E-state index is -0.508. The topological polar surface area (TPSA) is 130 Å². The largest absolute Gasteiger partial charge is 0.444 e. The van der Waals surface area contributed by atoms with E-state index in [4.69, 9.17) is 9.84 Å². The first-order chi connectivity index (χ1) is 19.6. The number of hydrogen-bond acceptors (Lipinski definition) is 8. The summed E-state index contributed by atoms with van der Waals surface area (Å²) in [5.74, 6) is 1.01. The third kappa shape index (κ3) is 13.9. The summed E-state index contributed by atoms with van der Waals surface area (Å²) in [7, 11) is 0. The Bertz CT molecular complexity index is 914. The maximum Gasteiger partial charge on any atom is 0.410 e. The van der Waals surface area contributed by atoms with E-state index in [2.05, 4.69) is 15.6 Å². The van der Waals surface area contributed by atoms with E-state index in [0.29, 0.717) is 57.7 Å². The molecule has 2 N–H and O–H groups in total. The normalized spacial score (nSPS) is 14.7. The molecule has 1 saturated heterocycles. The third-order valence-electron chi connectivity index (χ3n) is 7.04. The van der Waals surface area contributed by atoms with E-state index in [-0.39, 0.29) is 30.6 Å². The Balaban J connectivity index is 1.49. The van der Waals surface area contributed by atoms with Crippen molar-refractivity contribution in [3.05, 3.63) is 11.9 Å². The number of piperazine rings is 1. The zero-order valence-corrected chi connectivity index (χ0v) is 26.4. The van der Waals surface area contributed by atoms with Gasteiger partial charge in [0.15, 0.2) is 0 Å². The van der Waals surface area contributed by atoms with E-state index in [9.17, 15) is 14.4 Å². The molecule has 0 spiro atoms.